The molecule has 1 unspecified atom stereocenters. The third kappa shape index (κ3) is 4.35. The van der Waals surface area contributed by atoms with E-state index < -0.39 is 0 Å². The van der Waals surface area contributed by atoms with E-state index in [4.69, 9.17) is 0 Å². The number of fused-ring (bicyclic) bond motifs is 1. The average Bonchev–Trinajstić information content (AvgIpc) is 2.99. The summed E-state index contributed by atoms with van der Waals surface area (Å²) in [4.78, 5) is 17.2. The van der Waals surface area contributed by atoms with Crippen molar-refractivity contribution < 1.29 is 4.79 Å². The highest BCUT2D eigenvalue weighted by molar-refractivity contribution is 5.79. The number of aromatic nitrogens is 3. The molecule has 1 aliphatic rings. The normalized spacial score (nSPS) is 17.9. The van der Waals surface area contributed by atoms with Crippen LogP contribution in [0.3, 0.4) is 0 Å². The molecule has 0 spiro atoms. The number of likely N-dealkylation sites (N-methyl/N-ethyl adjacent to an activating group) is 1. The van der Waals surface area contributed by atoms with Crippen LogP contribution in [0.5, 0.6) is 0 Å². The quantitative estimate of drug-likeness (QED) is 0.840. The average molecular weight is 344 g/mol. The van der Waals surface area contributed by atoms with E-state index >= 15 is 0 Å². The molecular weight excluding hydrogens is 316 g/mol. The van der Waals surface area contributed by atoms with E-state index in [0.29, 0.717) is 18.5 Å². The van der Waals surface area contributed by atoms with E-state index in [1.54, 1.807) is 4.68 Å². The smallest absolute Gasteiger partial charge is 0.241 e. The maximum absolute atomic E-state index is 12.4. The molecule has 1 aliphatic heterocycles. The number of para-hydroxylation sites is 1. The number of hydrogen-bond acceptors (Lipinski definition) is 5. The fraction of sp³-hybridized carbons (Fsp3) is 0.611. The van der Waals surface area contributed by atoms with Gasteiger partial charge in [0.25, 0.3) is 0 Å². The van der Waals surface area contributed by atoms with Gasteiger partial charge in [-0.15, -0.1) is 5.10 Å². The molecule has 25 heavy (non-hydrogen) atoms. The molecule has 1 aromatic carbocycles. The Bertz CT molecular complexity index is 704. The summed E-state index contributed by atoms with van der Waals surface area (Å²) in [6.45, 7) is 9.61. The summed E-state index contributed by atoms with van der Waals surface area (Å²) in [6.07, 6.45) is 0. The molecule has 0 radical (unpaired) electrons. The van der Waals surface area contributed by atoms with E-state index in [-0.39, 0.29) is 12.5 Å². The molecule has 7 heteroatoms. The lowest BCUT2D eigenvalue weighted by Crippen LogP contribution is -2.54. The number of amides is 1. The topological polar surface area (TPSA) is 66.3 Å². The van der Waals surface area contributed by atoms with Crippen LogP contribution in [0.1, 0.15) is 13.8 Å². The fourth-order valence-corrected chi connectivity index (χ4v) is 3.38. The Kier molecular flexibility index (Phi) is 5.65. The number of carbonyl (C=O) groups excluding carboxylic acids is 1. The van der Waals surface area contributed by atoms with Crippen molar-refractivity contribution >= 4 is 16.9 Å². The van der Waals surface area contributed by atoms with Gasteiger partial charge < -0.3 is 10.2 Å². The predicted octanol–water partition coefficient (Wildman–Crippen LogP) is 0.820. The van der Waals surface area contributed by atoms with Crippen molar-refractivity contribution in [3.63, 3.8) is 0 Å². The summed E-state index contributed by atoms with van der Waals surface area (Å²) in [7, 11) is 2.16. The van der Waals surface area contributed by atoms with Gasteiger partial charge in [-0.25, -0.2) is 4.68 Å². The molecule has 2 heterocycles. The van der Waals surface area contributed by atoms with Gasteiger partial charge >= 0.3 is 0 Å². The Balaban J connectivity index is 1.56. The van der Waals surface area contributed by atoms with Crippen molar-refractivity contribution in [2.75, 3.05) is 39.8 Å². The van der Waals surface area contributed by atoms with E-state index in [1.807, 2.05) is 24.3 Å². The minimum absolute atomic E-state index is 0.0181. The van der Waals surface area contributed by atoms with Gasteiger partial charge in [0, 0.05) is 38.8 Å². The highest BCUT2D eigenvalue weighted by atomic mass is 16.2. The maximum atomic E-state index is 12.4. The molecule has 1 aromatic heterocycles. The third-order valence-corrected chi connectivity index (χ3v) is 5.00. The minimum atomic E-state index is -0.0181. The first-order valence-electron chi connectivity index (χ1n) is 9.02. The number of benzene rings is 1. The molecule has 2 aromatic rings. The molecule has 0 aliphatic carbocycles. The number of rotatable bonds is 6. The molecule has 7 nitrogen and oxygen atoms in total. The molecule has 136 valence electrons. The van der Waals surface area contributed by atoms with Crippen LogP contribution in [0.25, 0.3) is 11.0 Å². The molecular formula is C18H28N6O. The first kappa shape index (κ1) is 17.8. The van der Waals surface area contributed by atoms with Crippen LogP contribution in [0.4, 0.5) is 0 Å². The second kappa shape index (κ2) is 7.93. The molecule has 1 saturated heterocycles. The van der Waals surface area contributed by atoms with Crippen LogP contribution >= 0.6 is 0 Å². The summed E-state index contributed by atoms with van der Waals surface area (Å²) < 4.78 is 1.66. The first-order chi connectivity index (χ1) is 12.0. The predicted molar refractivity (Wildman–Crippen MR) is 98.2 cm³/mol. The van der Waals surface area contributed by atoms with Gasteiger partial charge in [0.2, 0.25) is 5.91 Å². The zero-order valence-electron chi connectivity index (χ0n) is 15.4. The van der Waals surface area contributed by atoms with E-state index in [9.17, 15) is 4.79 Å². The van der Waals surface area contributed by atoms with Crippen LogP contribution in [-0.2, 0) is 11.3 Å². The van der Waals surface area contributed by atoms with Crippen LogP contribution < -0.4 is 5.32 Å². The van der Waals surface area contributed by atoms with Crippen LogP contribution in [-0.4, -0.2) is 76.5 Å². The maximum Gasteiger partial charge on any atom is 0.241 e. The zero-order chi connectivity index (χ0) is 17.8. The van der Waals surface area contributed by atoms with Gasteiger partial charge in [0.05, 0.1) is 5.52 Å². The number of nitrogens with zero attached hydrogens (tertiary/aromatic N) is 5. The van der Waals surface area contributed by atoms with Gasteiger partial charge in [-0.2, -0.15) is 0 Å². The van der Waals surface area contributed by atoms with E-state index in [0.717, 1.165) is 37.2 Å². The lowest BCUT2D eigenvalue weighted by Gasteiger charge is -2.39. The Morgan fingerprint density at radius 1 is 1.20 bits per heavy atom. The Morgan fingerprint density at radius 3 is 2.64 bits per heavy atom. The monoisotopic (exact) mass is 344 g/mol. The van der Waals surface area contributed by atoms with Gasteiger partial charge in [-0.1, -0.05) is 31.2 Å². The van der Waals surface area contributed by atoms with Crippen molar-refractivity contribution in [3.05, 3.63) is 24.3 Å². The Hall–Kier alpha value is -1.99. The van der Waals surface area contributed by atoms with Crippen molar-refractivity contribution in [1.29, 1.82) is 0 Å². The highest BCUT2D eigenvalue weighted by Crippen LogP contribution is 2.13. The molecule has 1 amide bonds. The Morgan fingerprint density at radius 2 is 1.92 bits per heavy atom. The minimum Gasteiger partial charge on any atom is -0.353 e. The molecule has 3 rings (SSSR count). The second-order valence-electron chi connectivity index (χ2n) is 7.19. The largest absolute Gasteiger partial charge is 0.353 e. The first-order valence-corrected chi connectivity index (χ1v) is 9.02. The molecule has 0 bridgehead atoms. The molecule has 1 atom stereocenters. The molecule has 1 N–H and O–H groups in total. The summed E-state index contributed by atoms with van der Waals surface area (Å²) in [5, 5.41) is 11.3. The van der Waals surface area contributed by atoms with Crippen molar-refractivity contribution in [2.24, 2.45) is 5.92 Å². The van der Waals surface area contributed by atoms with E-state index in [2.05, 4.69) is 46.3 Å². The van der Waals surface area contributed by atoms with Crippen molar-refractivity contribution in [1.82, 2.24) is 30.1 Å². The van der Waals surface area contributed by atoms with Crippen LogP contribution in [0.15, 0.2) is 24.3 Å². The van der Waals surface area contributed by atoms with Crippen LogP contribution in [0, 0.1) is 5.92 Å². The Labute approximate surface area is 149 Å². The molecule has 1 fully saturated rings. The SMILES string of the molecule is CC(C)C(CNC(=O)Cn1nnc2ccccc21)N1CCN(C)CC1. The summed E-state index contributed by atoms with van der Waals surface area (Å²) in [6, 6.07) is 8.06. The molecule has 0 saturated carbocycles. The third-order valence-electron chi connectivity index (χ3n) is 5.00. The van der Waals surface area contributed by atoms with Crippen molar-refractivity contribution in [2.45, 2.75) is 26.4 Å². The summed E-state index contributed by atoms with van der Waals surface area (Å²) >= 11 is 0. The summed E-state index contributed by atoms with van der Waals surface area (Å²) in [5.41, 5.74) is 1.70. The van der Waals surface area contributed by atoms with Crippen molar-refractivity contribution in [3.8, 4) is 0 Å². The van der Waals surface area contributed by atoms with Gasteiger partial charge in [0.15, 0.2) is 0 Å². The summed E-state index contributed by atoms with van der Waals surface area (Å²) in [5.74, 6) is 0.478. The van der Waals surface area contributed by atoms with Crippen LogP contribution in [0.2, 0.25) is 0 Å². The van der Waals surface area contributed by atoms with Gasteiger partial charge in [-0.3, -0.25) is 9.69 Å². The second-order valence-corrected chi connectivity index (χ2v) is 7.19. The zero-order valence-corrected chi connectivity index (χ0v) is 15.4. The van der Waals surface area contributed by atoms with E-state index in [1.165, 1.54) is 0 Å². The number of nitrogens with one attached hydrogen (secondary N) is 1. The number of carbonyl (C=O) groups is 1. The van der Waals surface area contributed by atoms with Gasteiger partial charge in [-0.05, 0) is 25.1 Å². The lowest BCUT2D eigenvalue weighted by molar-refractivity contribution is -0.122. The highest BCUT2D eigenvalue weighted by Gasteiger charge is 2.25. The number of piperazine rings is 1. The fourth-order valence-electron chi connectivity index (χ4n) is 3.38. The van der Waals surface area contributed by atoms with Gasteiger partial charge in [0.1, 0.15) is 12.1 Å². The number of hydrogen-bond donors (Lipinski definition) is 1. The lowest BCUT2D eigenvalue weighted by atomic mass is 10.0. The standard InChI is InChI=1S/C18H28N6O/c1-14(2)17(23-10-8-22(3)9-11-23)12-19-18(25)13-24-16-7-5-4-6-15(16)20-21-24/h4-7,14,17H,8-13H2,1-3H3,(H,19,25).